The predicted molar refractivity (Wildman–Crippen MR) is 55.9 cm³/mol. The third-order valence-electron chi connectivity index (χ3n) is 2.17. The fraction of sp³-hybridized carbons (Fsp3) is 1.00. The number of hydrogen-bond donors (Lipinski definition) is 4. The van der Waals surface area contributed by atoms with Crippen LogP contribution in [-0.4, -0.2) is 48.4 Å². The van der Waals surface area contributed by atoms with Gasteiger partial charge in [0.15, 0.2) is 0 Å². The fourth-order valence-electron chi connectivity index (χ4n) is 1.18. The van der Waals surface area contributed by atoms with E-state index in [0.29, 0.717) is 19.7 Å². The Balaban J connectivity index is 3.90. The minimum atomic E-state index is -0.583. The molecule has 92 valence electrons. The highest BCUT2D eigenvalue weighted by Crippen LogP contribution is 2.18. The Morgan fingerprint density at radius 1 is 1.33 bits per heavy atom. The standard InChI is InChI=1S/C9H22N2O4/c1-9(2,8(15-10)3-5-12)14-7-11-4-6-13/h8,11-13H,3-7,10H2,1-2H3. The molecule has 0 saturated carbocycles. The Morgan fingerprint density at radius 2 is 2.00 bits per heavy atom. The number of ether oxygens (including phenoxy) is 1. The molecule has 0 rings (SSSR count). The van der Waals surface area contributed by atoms with E-state index in [-0.39, 0.29) is 19.3 Å². The minimum Gasteiger partial charge on any atom is -0.396 e. The third kappa shape index (κ3) is 6.03. The van der Waals surface area contributed by atoms with Gasteiger partial charge in [0.1, 0.15) is 6.10 Å². The van der Waals surface area contributed by atoms with Gasteiger partial charge >= 0.3 is 0 Å². The van der Waals surface area contributed by atoms with Gasteiger partial charge in [-0.05, 0) is 13.8 Å². The second-order valence-electron chi connectivity index (χ2n) is 3.75. The van der Waals surface area contributed by atoms with Crippen LogP contribution < -0.4 is 11.2 Å². The smallest absolute Gasteiger partial charge is 0.109 e. The van der Waals surface area contributed by atoms with Gasteiger partial charge in [-0.25, -0.2) is 5.90 Å². The van der Waals surface area contributed by atoms with Gasteiger partial charge < -0.3 is 14.9 Å². The molecule has 1 unspecified atom stereocenters. The van der Waals surface area contributed by atoms with Gasteiger partial charge in [0, 0.05) is 19.6 Å². The van der Waals surface area contributed by atoms with Crippen LogP contribution in [0.5, 0.6) is 0 Å². The highest BCUT2D eigenvalue weighted by molar-refractivity contribution is 4.79. The van der Waals surface area contributed by atoms with Gasteiger partial charge in [-0.1, -0.05) is 0 Å². The van der Waals surface area contributed by atoms with Crippen LogP contribution in [-0.2, 0) is 9.57 Å². The lowest BCUT2D eigenvalue weighted by Gasteiger charge is -2.32. The van der Waals surface area contributed by atoms with Crippen LogP contribution in [0.3, 0.4) is 0 Å². The molecule has 0 bridgehead atoms. The molecule has 0 saturated heterocycles. The first kappa shape index (κ1) is 14.8. The Hall–Kier alpha value is -0.240. The fourth-order valence-corrected chi connectivity index (χ4v) is 1.18. The molecular weight excluding hydrogens is 200 g/mol. The third-order valence-corrected chi connectivity index (χ3v) is 2.17. The van der Waals surface area contributed by atoms with Crippen LogP contribution in [0.1, 0.15) is 20.3 Å². The maximum Gasteiger partial charge on any atom is 0.109 e. The number of hydrogen-bond acceptors (Lipinski definition) is 6. The van der Waals surface area contributed by atoms with Gasteiger partial charge in [0.2, 0.25) is 0 Å². The molecule has 0 fully saturated rings. The van der Waals surface area contributed by atoms with Crippen molar-refractivity contribution in [2.45, 2.75) is 32.0 Å². The summed E-state index contributed by atoms with van der Waals surface area (Å²) in [4.78, 5) is 4.75. The number of aliphatic hydroxyl groups excluding tert-OH is 2. The largest absolute Gasteiger partial charge is 0.396 e. The predicted octanol–water partition coefficient (Wildman–Crippen LogP) is -1.04. The molecule has 15 heavy (non-hydrogen) atoms. The van der Waals surface area contributed by atoms with Crippen molar-refractivity contribution in [2.24, 2.45) is 5.90 Å². The summed E-state index contributed by atoms with van der Waals surface area (Å²) >= 11 is 0. The zero-order valence-electron chi connectivity index (χ0n) is 9.40. The summed E-state index contributed by atoms with van der Waals surface area (Å²) in [6.07, 6.45) is 0.0576. The lowest BCUT2D eigenvalue weighted by Crippen LogP contribution is -2.45. The Morgan fingerprint density at radius 3 is 2.47 bits per heavy atom. The van der Waals surface area contributed by atoms with Crippen LogP contribution in [0, 0.1) is 0 Å². The van der Waals surface area contributed by atoms with Crippen molar-refractivity contribution in [3.8, 4) is 0 Å². The lowest BCUT2D eigenvalue weighted by molar-refractivity contribution is -0.138. The van der Waals surface area contributed by atoms with E-state index < -0.39 is 5.60 Å². The van der Waals surface area contributed by atoms with Crippen molar-refractivity contribution in [3.05, 3.63) is 0 Å². The van der Waals surface area contributed by atoms with Crippen molar-refractivity contribution in [3.63, 3.8) is 0 Å². The van der Waals surface area contributed by atoms with Crippen molar-refractivity contribution in [2.75, 3.05) is 26.5 Å². The summed E-state index contributed by atoms with van der Waals surface area (Å²) in [5.74, 6) is 5.12. The highest BCUT2D eigenvalue weighted by Gasteiger charge is 2.30. The first-order valence-corrected chi connectivity index (χ1v) is 5.00. The van der Waals surface area contributed by atoms with E-state index >= 15 is 0 Å². The number of aliphatic hydroxyl groups is 2. The van der Waals surface area contributed by atoms with Crippen LogP contribution in [0.15, 0.2) is 0 Å². The molecule has 0 aromatic rings. The minimum absolute atomic E-state index is 0.00126. The monoisotopic (exact) mass is 222 g/mol. The first-order chi connectivity index (χ1) is 7.08. The summed E-state index contributed by atoms with van der Waals surface area (Å²) in [5.41, 5.74) is -0.583. The summed E-state index contributed by atoms with van der Waals surface area (Å²) in [5, 5.41) is 20.2. The van der Waals surface area contributed by atoms with E-state index in [9.17, 15) is 0 Å². The lowest BCUT2D eigenvalue weighted by atomic mass is 9.99. The first-order valence-electron chi connectivity index (χ1n) is 5.00. The van der Waals surface area contributed by atoms with Crippen molar-refractivity contribution >= 4 is 0 Å². The molecule has 6 heteroatoms. The molecule has 1 atom stereocenters. The zero-order valence-corrected chi connectivity index (χ0v) is 9.40. The molecule has 0 heterocycles. The van der Waals surface area contributed by atoms with Crippen LogP contribution in [0.4, 0.5) is 0 Å². The van der Waals surface area contributed by atoms with Crippen LogP contribution in [0.25, 0.3) is 0 Å². The average Bonchev–Trinajstić information content (AvgIpc) is 2.20. The summed E-state index contributed by atoms with van der Waals surface area (Å²) in [6, 6.07) is 0. The topological polar surface area (TPSA) is 97.0 Å². The van der Waals surface area contributed by atoms with E-state index in [4.69, 9.17) is 25.7 Å². The van der Waals surface area contributed by atoms with Gasteiger partial charge in [-0.3, -0.25) is 10.2 Å². The van der Waals surface area contributed by atoms with Gasteiger partial charge in [-0.15, -0.1) is 0 Å². The number of nitrogens with one attached hydrogen (secondary N) is 1. The van der Waals surface area contributed by atoms with Crippen molar-refractivity contribution in [1.82, 2.24) is 5.32 Å². The summed E-state index contributed by atoms with van der Waals surface area (Å²) < 4.78 is 5.50. The molecular formula is C9H22N2O4. The quantitative estimate of drug-likeness (QED) is 0.226. The zero-order chi connectivity index (χ0) is 11.7. The average molecular weight is 222 g/mol. The van der Waals surface area contributed by atoms with Crippen LogP contribution in [0.2, 0.25) is 0 Å². The summed E-state index contributed by atoms with van der Waals surface area (Å²) in [6.45, 7) is 4.51. The maximum absolute atomic E-state index is 8.80. The molecule has 0 aliphatic carbocycles. The van der Waals surface area contributed by atoms with Gasteiger partial charge in [0.25, 0.3) is 0 Å². The molecule has 6 nitrogen and oxygen atoms in total. The molecule has 0 radical (unpaired) electrons. The maximum atomic E-state index is 8.80. The van der Waals surface area contributed by atoms with E-state index in [2.05, 4.69) is 5.32 Å². The molecule has 5 N–H and O–H groups in total. The summed E-state index contributed by atoms with van der Waals surface area (Å²) in [7, 11) is 0. The van der Waals surface area contributed by atoms with Crippen molar-refractivity contribution in [1.29, 1.82) is 0 Å². The molecule has 0 aromatic heterocycles. The Labute approximate surface area is 90.3 Å². The molecule has 0 amide bonds. The Bertz CT molecular complexity index is 155. The van der Waals surface area contributed by atoms with E-state index in [1.54, 1.807) is 0 Å². The highest BCUT2D eigenvalue weighted by atomic mass is 16.6. The van der Waals surface area contributed by atoms with E-state index in [1.807, 2.05) is 13.8 Å². The molecule has 0 spiro atoms. The number of nitrogens with two attached hydrogens (primary N) is 1. The Kier molecular flexibility index (Phi) is 7.85. The van der Waals surface area contributed by atoms with Gasteiger partial charge in [0.05, 0.1) is 18.9 Å². The molecule has 0 aliphatic rings. The van der Waals surface area contributed by atoms with E-state index in [1.165, 1.54) is 0 Å². The van der Waals surface area contributed by atoms with Crippen LogP contribution >= 0.6 is 0 Å². The van der Waals surface area contributed by atoms with Crippen molar-refractivity contribution < 1.29 is 19.8 Å². The SMILES string of the molecule is CC(C)(OCNCCO)C(CCO)ON. The second-order valence-corrected chi connectivity index (χ2v) is 3.75. The number of rotatable bonds is 9. The van der Waals surface area contributed by atoms with Gasteiger partial charge in [-0.2, -0.15) is 0 Å². The van der Waals surface area contributed by atoms with E-state index in [0.717, 1.165) is 0 Å². The molecule has 0 aromatic carbocycles. The normalized spacial score (nSPS) is 14.2. The molecule has 0 aliphatic heterocycles. The second kappa shape index (κ2) is 7.98.